The Hall–Kier alpha value is -1.61. The van der Waals surface area contributed by atoms with Crippen LogP contribution in [-0.2, 0) is 6.54 Å². The van der Waals surface area contributed by atoms with E-state index in [-0.39, 0.29) is 5.82 Å². The Balaban J connectivity index is 2.05. The lowest BCUT2D eigenvalue weighted by atomic mass is 10.2. The maximum absolute atomic E-state index is 13.0. The number of halogens is 2. The Morgan fingerprint density at radius 2 is 1.94 bits per heavy atom. The molecular formula is C12H10ClFN2. The van der Waals surface area contributed by atoms with Gasteiger partial charge in [0.15, 0.2) is 0 Å². The van der Waals surface area contributed by atoms with E-state index in [0.717, 1.165) is 5.56 Å². The minimum atomic E-state index is -0.343. The van der Waals surface area contributed by atoms with Gasteiger partial charge in [-0.05, 0) is 35.9 Å². The fourth-order valence-corrected chi connectivity index (χ4v) is 1.58. The van der Waals surface area contributed by atoms with Crippen LogP contribution in [-0.4, -0.2) is 4.98 Å². The Kier molecular flexibility index (Phi) is 3.37. The largest absolute Gasteiger partial charge is 0.381 e. The summed E-state index contributed by atoms with van der Waals surface area (Å²) in [4.78, 5) is 3.92. The lowest BCUT2D eigenvalue weighted by Crippen LogP contribution is -1.99. The van der Waals surface area contributed by atoms with Crippen molar-refractivity contribution >= 4 is 17.3 Å². The molecule has 0 bridgehead atoms. The smallest absolute Gasteiger partial charge is 0.126 e. The molecule has 0 fully saturated rings. The summed E-state index contributed by atoms with van der Waals surface area (Å²) >= 11 is 5.74. The summed E-state index contributed by atoms with van der Waals surface area (Å²) in [6.07, 6.45) is 3.44. The first kappa shape index (κ1) is 10.9. The molecule has 0 radical (unpaired) electrons. The normalized spacial score (nSPS) is 10.1. The van der Waals surface area contributed by atoms with Gasteiger partial charge in [-0.25, -0.2) is 4.39 Å². The van der Waals surface area contributed by atoms with Crippen LogP contribution in [0.25, 0.3) is 0 Å². The van der Waals surface area contributed by atoms with Crippen molar-refractivity contribution in [2.45, 2.75) is 6.54 Å². The van der Waals surface area contributed by atoms with Gasteiger partial charge in [0.1, 0.15) is 5.82 Å². The third-order valence-corrected chi connectivity index (χ3v) is 2.33. The second-order valence-corrected chi connectivity index (χ2v) is 3.80. The Morgan fingerprint density at radius 1 is 1.19 bits per heavy atom. The zero-order valence-electron chi connectivity index (χ0n) is 8.45. The van der Waals surface area contributed by atoms with Gasteiger partial charge >= 0.3 is 0 Å². The van der Waals surface area contributed by atoms with E-state index >= 15 is 0 Å². The zero-order chi connectivity index (χ0) is 11.4. The van der Waals surface area contributed by atoms with Gasteiger partial charge in [-0.2, -0.15) is 0 Å². The second-order valence-electron chi connectivity index (χ2n) is 3.37. The average Bonchev–Trinajstić information content (AvgIpc) is 2.27. The molecule has 0 atom stereocenters. The van der Waals surface area contributed by atoms with Crippen LogP contribution in [0.2, 0.25) is 5.02 Å². The summed E-state index contributed by atoms with van der Waals surface area (Å²) in [5.74, 6) is -0.343. The molecule has 1 aromatic heterocycles. The van der Waals surface area contributed by atoms with Crippen LogP contribution >= 0.6 is 11.6 Å². The van der Waals surface area contributed by atoms with E-state index < -0.39 is 0 Å². The minimum Gasteiger partial charge on any atom is -0.381 e. The number of hydrogen-bond donors (Lipinski definition) is 1. The highest BCUT2D eigenvalue weighted by Crippen LogP contribution is 2.18. The van der Waals surface area contributed by atoms with Gasteiger partial charge in [-0.15, -0.1) is 0 Å². The van der Waals surface area contributed by atoms with Crippen molar-refractivity contribution in [3.05, 3.63) is 59.1 Å². The van der Waals surface area contributed by atoms with E-state index in [9.17, 15) is 4.39 Å². The van der Waals surface area contributed by atoms with E-state index in [1.54, 1.807) is 18.5 Å². The molecule has 2 aromatic rings. The van der Waals surface area contributed by atoms with Crippen molar-refractivity contribution in [2.24, 2.45) is 0 Å². The van der Waals surface area contributed by atoms with Crippen LogP contribution in [0.3, 0.4) is 0 Å². The third kappa shape index (κ3) is 2.94. The van der Waals surface area contributed by atoms with Crippen LogP contribution in [0.5, 0.6) is 0 Å². The predicted octanol–water partition coefficient (Wildman–Crippen LogP) is 3.49. The molecule has 2 rings (SSSR count). The van der Waals surface area contributed by atoms with Crippen molar-refractivity contribution in [1.82, 2.24) is 4.98 Å². The van der Waals surface area contributed by atoms with Gasteiger partial charge < -0.3 is 5.32 Å². The molecule has 0 saturated carbocycles. The lowest BCUT2D eigenvalue weighted by molar-refractivity contribution is 0.628. The zero-order valence-corrected chi connectivity index (χ0v) is 9.21. The van der Waals surface area contributed by atoms with Crippen LogP contribution in [0.1, 0.15) is 5.56 Å². The molecule has 0 spiro atoms. The van der Waals surface area contributed by atoms with E-state index in [1.807, 2.05) is 12.1 Å². The Morgan fingerprint density at radius 3 is 2.62 bits per heavy atom. The summed E-state index contributed by atoms with van der Waals surface area (Å²) in [6, 6.07) is 8.17. The monoisotopic (exact) mass is 236 g/mol. The SMILES string of the molecule is Fc1cc(Cl)cc(NCc2ccncc2)c1. The quantitative estimate of drug-likeness (QED) is 0.883. The molecule has 4 heteroatoms. The van der Waals surface area contributed by atoms with Gasteiger partial charge in [0.25, 0.3) is 0 Å². The van der Waals surface area contributed by atoms with E-state index in [1.165, 1.54) is 12.1 Å². The molecule has 0 aliphatic rings. The van der Waals surface area contributed by atoms with Gasteiger partial charge in [0, 0.05) is 29.6 Å². The second kappa shape index (κ2) is 4.94. The van der Waals surface area contributed by atoms with Gasteiger partial charge in [0.2, 0.25) is 0 Å². The molecule has 0 unspecified atom stereocenters. The number of nitrogens with one attached hydrogen (secondary N) is 1. The third-order valence-electron chi connectivity index (χ3n) is 2.11. The highest BCUT2D eigenvalue weighted by Gasteiger charge is 1.99. The number of benzene rings is 1. The molecule has 0 saturated heterocycles. The van der Waals surface area contributed by atoms with Crippen molar-refractivity contribution in [2.75, 3.05) is 5.32 Å². The predicted molar refractivity (Wildman–Crippen MR) is 63.0 cm³/mol. The van der Waals surface area contributed by atoms with Crippen molar-refractivity contribution in [3.8, 4) is 0 Å². The van der Waals surface area contributed by atoms with Gasteiger partial charge in [-0.3, -0.25) is 4.98 Å². The van der Waals surface area contributed by atoms with Crippen molar-refractivity contribution in [3.63, 3.8) is 0 Å². The molecule has 1 aromatic carbocycles. The molecule has 0 aliphatic carbocycles. The first-order chi connectivity index (χ1) is 7.74. The topological polar surface area (TPSA) is 24.9 Å². The maximum atomic E-state index is 13.0. The van der Waals surface area contributed by atoms with Crippen molar-refractivity contribution < 1.29 is 4.39 Å². The van der Waals surface area contributed by atoms with Gasteiger partial charge in [-0.1, -0.05) is 11.6 Å². The molecule has 82 valence electrons. The number of rotatable bonds is 3. The summed E-state index contributed by atoms with van der Waals surface area (Å²) in [5.41, 5.74) is 1.75. The fraction of sp³-hybridized carbons (Fsp3) is 0.0833. The standard InChI is InChI=1S/C12H10ClFN2/c13-10-5-11(14)7-12(6-10)16-8-9-1-3-15-4-2-9/h1-7,16H,8H2. The van der Waals surface area contributed by atoms with Crippen LogP contribution in [0.15, 0.2) is 42.7 Å². The Bertz CT molecular complexity index is 453. The highest BCUT2D eigenvalue weighted by atomic mass is 35.5. The first-order valence-corrected chi connectivity index (χ1v) is 5.21. The molecule has 1 heterocycles. The number of aromatic nitrogens is 1. The molecule has 0 amide bonds. The summed E-state index contributed by atoms with van der Waals surface area (Å²) in [7, 11) is 0. The van der Waals surface area contributed by atoms with Crippen molar-refractivity contribution in [1.29, 1.82) is 0 Å². The van der Waals surface area contributed by atoms with Gasteiger partial charge in [0.05, 0.1) is 0 Å². The summed E-state index contributed by atoms with van der Waals surface area (Å²) in [5, 5.41) is 3.48. The number of anilines is 1. The minimum absolute atomic E-state index is 0.343. The number of pyridine rings is 1. The van der Waals surface area contributed by atoms with Crippen LogP contribution in [0.4, 0.5) is 10.1 Å². The van der Waals surface area contributed by atoms with Crippen LogP contribution in [0, 0.1) is 5.82 Å². The number of nitrogens with zero attached hydrogens (tertiary/aromatic N) is 1. The van der Waals surface area contributed by atoms with Crippen LogP contribution < -0.4 is 5.32 Å². The van der Waals surface area contributed by atoms with E-state index in [0.29, 0.717) is 17.3 Å². The molecule has 1 N–H and O–H groups in total. The molecular weight excluding hydrogens is 227 g/mol. The molecule has 0 aliphatic heterocycles. The Labute approximate surface area is 98.1 Å². The maximum Gasteiger partial charge on any atom is 0.126 e. The molecule has 16 heavy (non-hydrogen) atoms. The lowest BCUT2D eigenvalue weighted by Gasteiger charge is -2.06. The summed E-state index contributed by atoms with van der Waals surface area (Å²) < 4.78 is 13.0. The van der Waals surface area contributed by atoms with E-state index in [2.05, 4.69) is 10.3 Å². The summed E-state index contributed by atoms with van der Waals surface area (Å²) in [6.45, 7) is 0.613. The molecule has 2 nitrogen and oxygen atoms in total. The number of hydrogen-bond acceptors (Lipinski definition) is 2. The van der Waals surface area contributed by atoms with E-state index in [4.69, 9.17) is 11.6 Å². The first-order valence-electron chi connectivity index (χ1n) is 4.83. The highest BCUT2D eigenvalue weighted by molar-refractivity contribution is 6.30. The average molecular weight is 237 g/mol. The fourth-order valence-electron chi connectivity index (χ4n) is 1.36.